The first-order chi connectivity index (χ1) is 18.9. The van der Waals surface area contributed by atoms with E-state index in [1.807, 2.05) is 0 Å². The van der Waals surface area contributed by atoms with Crippen molar-refractivity contribution in [3.8, 4) is 11.5 Å². The highest BCUT2D eigenvalue weighted by Gasteiger charge is 2.48. The second-order valence-electron chi connectivity index (χ2n) is 8.30. The van der Waals surface area contributed by atoms with Crippen LogP contribution in [0.5, 0.6) is 11.5 Å². The molecule has 4 aromatic rings. The third kappa shape index (κ3) is 5.20. The van der Waals surface area contributed by atoms with Crippen LogP contribution in [0, 0.1) is 5.82 Å². The van der Waals surface area contributed by atoms with Crippen LogP contribution in [0.15, 0.2) is 76.9 Å². The van der Waals surface area contributed by atoms with Crippen molar-refractivity contribution >= 4 is 45.7 Å². The van der Waals surface area contributed by atoms with Crippen molar-refractivity contribution in [2.24, 2.45) is 0 Å². The monoisotopic (exact) mass is 564 g/mol. The second kappa shape index (κ2) is 11.2. The van der Waals surface area contributed by atoms with E-state index in [-0.39, 0.29) is 40.4 Å². The third-order valence-corrected chi connectivity index (χ3v) is 8.01. The van der Waals surface area contributed by atoms with Gasteiger partial charge in [-0.25, -0.2) is 4.39 Å². The maximum atomic E-state index is 14.1. The molecule has 0 spiro atoms. The van der Waals surface area contributed by atoms with Gasteiger partial charge in [0.05, 0.1) is 18.2 Å². The highest BCUT2D eigenvalue weighted by molar-refractivity contribution is 8.00. The standard InChI is InChI=1S/C27H21FN4O5S2/c1-2-37-20-13-16(7-8-19(20)33)22-21(23(34)15-9-11-29-12-10-15)24(35)25(36)32(22)26-30-31-27(39-26)38-14-17-5-3-4-6-18(17)28/h3-13,22,33-34H,2,14H2,1H3. The minimum Gasteiger partial charge on any atom is -0.507 e. The van der Waals surface area contributed by atoms with Crippen LogP contribution >= 0.6 is 23.1 Å². The first-order valence-corrected chi connectivity index (χ1v) is 13.6. The van der Waals surface area contributed by atoms with Gasteiger partial charge in [-0.2, -0.15) is 0 Å². The van der Waals surface area contributed by atoms with Crippen LogP contribution in [0.2, 0.25) is 0 Å². The van der Waals surface area contributed by atoms with Gasteiger partial charge in [0.15, 0.2) is 15.8 Å². The first-order valence-electron chi connectivity index (χ1n) is 11.8. The fourth-order valence-corrected chi connectivity index (χ4v) is 5.95. The molecule has 3 heterocycles. The van der Waals surface area contributed by atoms with Crippen molar-refractivity contribution in [3.63, 3.8) is 0 Å². The number of rotatable bonds is 8. The Hall–Kier alpha value is -4.29. The van der Waals surface area contributed by atoms with Crippen molar-refractivity contribution in [2.75, 3.05) is 11.5 Å². The summed E-state index contributed by atoms with van der Waals surface area (Å²) in [5, 5.41) is 29.8. The first kappa shape index (κ1) is 26.3. The van der Waals surface area contributed by atoms with Gasteiger partial charge in [-0.15, -0.1) is 10.2 Å². The second-order valence-corrected chi connectivity index (χ2v) is 10.5. The Labute approximate surface area is 230 Å². The molecule has 2 aromatic carbocycles. The molecule has 1 saturated heterocycles. The van der Waals surface area contributed by atoms with Gasteiger partial charge in [0.2, 0.25) is 5.13 Å². The Morgan fingerprint density at radius 2 is 1.90 bits per heavy atom. The highest BCUT2D eigenvalue weighted by atomic mass is 32.2. The number of hydrogen-bond acceptors (Lipinski definition) is 10. The van der Waals surface area contributed by atoms with E-state index in [4.69, 9.17) is 4.74 Å². The van der Waals surface area contributed by atoms with Crippen molar-refractivity contribution < 1.29 is 28.9 Å². The van der Waals surface area contributed by atoms with Gasteiger partial charge < -0.3 is 14.9 Å². The van der Waals surface area contributed by atoms with Gasteiger partial charge in [-0.3, -0.25) is 19.5 Å². The molecule has 198 valence electrons. The van der Waals surface area contributed by atoms with Gasteiger partial charge in [-0.05, 0) is 48.4 Å². The average Bonchev–Trinajstić information content (AvgIpc) is 3.51. The molecule has 12 heteroatoms. The highest BCUT2D eigenvalue weighted by Crippen LogP contribution is 2.45. The summed E-state index contributed by atoms with van der Waals surface area (Å²) in [5.41, 5.74) is 1.04. The number of Topliss-reactive ketones (excluding diaryl/α,β-unsaturated/α-hetero) is 1. The van der Waals surface area contributed by atoms with E-state index in [0.717, 1.165) is 11.3 Å². The van der Waals surface area contributed by atoms with E-state index in [0.29, 0.717) is 26.8 Å². The molecule has 0 radical (unpaired) electrons. The average molecular weight is 565 g/mol. The van der Waals surface area contributed by atoms with Crippen LogP contribution < -0.4 is 9.64 Å². The number of aromatic hydroxyl groups is 1. The molecule has 1 atom stereocenters. The summed E-state index contributed by atoms with van der Waals surface area (Å²) < 4.78 is 20.0. The third-order valence-electron chi connectivity index (χ3n) is 5.91. The molecule has 1 fully saturated rings. The molecule has 0 saturated carbocycles. The molecule has 2 N–H and O–H groups in total. The zero-order chi connectivity index (χ0) is 27.5. The molecule has 0 bridgehead atoms. The zero-order valence-electron chi connectivity index (χ0n) is 20.4. The molecule has 1 amide bonds. The summed E-state index contributed by atoms with van der Waals surface area (Å²) in [7, 11) is 0. The quantitative estimate of drug-likeness (QED) is 0.0989. The predicted octanol–water partition coefficient (Wildman–Crippen LogP) is 5.10. The van der Waals surface area contributed by atoms with Gasteiger partial charge in [-0.1, -0.05) is 47.4 Å². The van der Waals surface area contributed by atoms with Crippen LogP contribution in [0.1, 0.15) is 29.7 Å². The normalized spacial score (nSPS) is 16.6. The number of pyridine rings is 1. The topological polar surface area (TPSA) is 126 Å². The van der Waals surface area contributed by atoms with Crippen molar-refractivity contribution in [2.45, 2.75) is 23.1 Å². The van der Waals surface area contributed by atoms with Crippen LogP contribution in [0.3, 0.4) is 0 Å². The number of carbonyl (C=O) groups is 2. The molecule has 0 aliphatic carbocycles. The number of aromatic nitrogens is 3. The van der Waals surface area contributed by atoms with Gasteiger partial charge >= 0.3 is 5.91 Å². The summed E-state index contributed by atoms with van der Waals surface area (Å²) >= 11 is 2.30. The van der Waals surface area contributed by atoms with E-state index in [9.17, 15) is 24.2 Å². The molecular formula is C27H21FN4O5S2. The van der Waals surface area contributed by atoms with Crippen molar-refractivity contribution in [1.82, 2.24) is 15.2 Å². The molecule has 1 aliphatic rings. The van der Waals surface area contributed by atoms with E-state index < -0.39 is 17.7 Å². The van der Waals surface area contributed by atoms with Crippen LogP contribution in [-0.2, 0) is 15.3 Å². The molecule has 1 aliphatic heterocycles. The number of halogens is 1. The van der Waals surface area contributed by atoms with E-state index in [2.05, 4.69) is 15.2 Å². The van der Waals surface area contributed by atoms with Crippen molar-refractivity contribution in [3.05, 3.63) is 95.1 Å². The number of benzene rings is 2. The maximum Gasteiger partial charge on any atom is 0.301 e. The zero-order valence-corrected chi connectivity index (χ0v) is 22.1. The predicted molar refractivity (Wildman–Crippen MR) is 144 cm³/mol. The Morgan fingerprint density at radius 1 is 1.13 bits per heavy atom. The summed E-state index contributed by atoms with van der Waals surface area (Å²) in [4.78, 5) is 31.8. The number of aliphatic hydroxyl groups excluding tert-OH is 1. The van der Waals surface area contributed by atoms with E-state index in [1.165, 1.54) is 65.5 Å². The fraction of sp³-hybridized carbons (Fsp3) is 0.148. The molecular weight excluding hydrogens is 543 g/mol. The van der Waals surface area contributed by atoms with Crippen molar-refractivity contribution in [1.29, 1.82) is 0 Å². The number of carbonyl (C=O) groups excluding carboxylic acids is 2. The molecule has 1 unspecified atom stereocenters. The number of ketones is 1. The molecule has 5 rings (SSSR count). The van der Waals surface area contributed by atoms with Gasteiger partial charge in [0, 0.05) is 23.7 Å². The number of hydrogen-bond donors (Lipinski definition) is 2. The lowest BCUT2D eigenvalue weighted by Crippen LogP contribution is -2.29. The Balaban J connectivity index is 1.57. The summed E-state index contributed by atoms with van der Waals surface area (Å²) in [6.45, 7) is 2.02. The summed E-state index contributed by atoms with van der Waals surface area (Å²) in [6.07, 6.45) is 2.91. The minimum atomic E-state index is -1.09. The number of ether oxygens (including phenoxy) is 1. The Morgan fingerprint density at radius 3 is 2.64 bits per heavy atom. The fourth-order valence-electron chi connectivity index (χ4n) is 4.10. The number of aliphatic hydroxyl groups is 1. The lowest BCUT2D eigenvalue weighted by molar-refractivity contribution is -0.132. The molecule has 9 nitrogen and oxygen atoms in total. The van der Waals surface area contributed by atoms with Crippen LogP contribution in [-0.4, -0.2) is 43.7 Å². The number of thioether (sulfide) groups is 1. The van der Waals surface area contributed by atoms with Gasteiger partial charge in [0.1, 0.15) is 11.6 Å². The van der Waals surface area contributed by atoms with Crippen LogP contribution in [0.25, 0.3) is 5.76 Å². The SMILES string of the molecule is CCOc1cc(C2C(=C(O)c3ccncc3)C(=O)C(=O)N2c2nnc(SCc3ccccc3F)s2)ccc1O. The van der Waals surface area contributed by atoms with E-state index >= 15 is 0 Å². The Kier molecular flexibility index (Phi) is 7.57. The number of nitrogens with zero attached hydrogens (tertiary/aromatic N) is 4. The number of amides is 1. The maximum absolute atomic E-state index is 14.1. The van der Waals surface area contributed by atoms with Crippen LogP contribution in [0.4, 0.5) is 9.52 Å². The molecule has 2 aromatic heterocycles. The lowest BCUT2D eigenvalue weighted by atomic mass is 9.95. The summed E-state index contributed by atoms with van der Waals surface area (Å²) in [6, 6.07) is 12.8. The number of phenolic OH excluding ortho intramolecular Hbond substituents is 1. The van der Waals surface area contributed by atoms with Gasteiger partial charge in [0.25, 0.3) is 5.78 Å². The minimum absolute atomic E-state index is 0.116. The lowest BCUT2D eigenvalue weighted by Gasteiger charge is -2.23. The Bertz CT molecular complexity index is 1580. The largest absolute Gasteiger partial charge is 0.507 e. The molecule has 39 heavy (non-hydrogen) atoms. The number of anilines is 1. The summed E-state index contributed by atoms with van der Waals surface area (Å²) in [5.74, 6) is -2.19. The number of phenols is 1. The van der Waals surface area contributed by atoms with E-state index in [1.54, 1.807) is 25.1 Å². The smallest absolute Gasteiger partial charge is 0.301 e.